The van der Waals surface area contributed by atoms with E-state index >= 15 is 0 Å². The van der Waals surface area contributed by atoms with Crippen LogP contribution in [0, 0.1) is 0 Å². The van der Waals surface area contributed by atoms with Crippen LogP contribution in [-0.2, 0) is 5.41 Å². The Hall–Kier alpha value is -6.14. The second-order valence-electron chi connectivity index (χ2n) is 12.5. The predicted molar refractivity (Wildman–Crippen MR) is 188 cm³/mol. The summed E-state index contributed by atoms with van der Waals surface area (Å²) < 4.78 is 8.01. The fraction of sp³-hybridized carbons (Fsp3) is 0.0732. The van der Waals surface area contributed by atoms with Crippen LogP contribution < -0.4 is 14.5 Å². The zero-order valence-electron chi connectivity index (χ0n) is 26.1. The molecule has 6 aromatic carbocycles. The molecule has 0 bridgehead atoms. The number of hydrogen-bond acceptors (Lipinski definition) is 5. The lowest BCUT2D eigenvalue weighted by Crippen LogP contribution is -2.30. The lowest BCUT2D eigenvalue weighted by molar-refractivity contribution is 0.477. The number of fused-ring (bicyclic) bond motifs is 4. The predicted octanol–water partition coefficient (Wildman–Crippen LogP) is 10.6. The highest BCUT2D eigenvalue weighted by Crippen LogP contribution is 2.52. The Morgan fingerprint density at radius 1 is 0.489 bits per heavy atom. The van der Waals surface area contributed by atoms with Crippen molar-refractivity contribution in [1.29, 1.82) is 0 Å². The maximum absolute atomic E-state index is 6.18. The van der Waals surface area contributed by atoms with E-state index in [1.165, 1.54) is 22.5 Å². The second kappa shape index (κ2) is 10.5. The summed E-state index contributed by atoms with van der Waals surface area (Å²) in [5.41, 5.74) is 11.9. The van der Waals surface area contributed by atoms with Gasteiger partial charge in [-0.1, -0.05) is 91.9 Å². The van der Waals surface area contributed by atoms with Crippen molar-refractivity contribution in [2.24, 2.45) is 0 Å². The van der Waals surface area contributed by atoms with Crippen molar-refractivity contribution in [3.8, 4) is 28.4 Å². The van der Waals surface area contributed by atoms with Crippen LogP contribution in [0.15, 0.2) is 152 Å². The maximum atomic E-state index is 6.18. The Morgan fingerprint density at radius 3 is 1.51 bits per heavy atom. The van der Waals surface area contributed by atoms with Crippen molar-refractivity contribution in [2.75, 3.05) is 9.80 Å². The summed E-state index contributed by atoms with van der Waals surface area (Å²) in [6, 6.07) is 50.6. The minimum Gasteiger partial charge on any atom is -0.453 e. The summed E-state index contributed by atoms with van der Waals surface area (Å²) in [6.45, 7) is 4.62. The first kappa shape index (κ1) is 27.2. The van der Waals surface area contributed by atoms with Crippen molar-refractivity contribution in [2.45, 2.75) is 19.3 Å². The molecule has 0 saturated heterocycles. The third kappa shape index (κ3) is 4.33. The molecule has 2 aliphatic heterocycles. The van der Waals surface area contributed by atoms with Crippen LogP contribution in [0.4, 0.5) is 34.1 Å². The maximum Gasteiger partial charge on any atom is 0.151 e. The fourth-order valence-corrected chi connectivity index (χ4v) is 6.99. The largest absolute Gasteiger partial charge is 0.453 e. The van der Waals surface area contributed by atoms with Crippen LogP contribution in [0.1, 0.15) is 25.0 Å². The molecule has 9 rings (SSSR count). The Morgan fingerprint density at radius 2 is 0.936 bits per heavy atom. The minimum absolute atomic E-state index is 0.0858. The topological polar surface area (TPSA) is 46.4 Å². The molecular formula is C41H31N5O. The summed E-state index contributed by atoms with van der Waals surface area (Å²) in [4.78, 5) is 4.59. The molecule has 7 aromatic rings. The van der Waals surface area contributed by atoms with Gasteiger partial charge >= 0.3 is 0 Å². The molecule has 1 aromatic heterocycles. The molecule has 2 aliphatic rings. The summed E-state index contributed by atoms with van der Waals surface area (Å²) in [7, 11) is 0. The van der Waals surface area contributed by atoms with Crippen molar-refractivity contribution >= 4 is 34.1 Å². The van der Waals surface area contributed by atoms with E-state index in [4.69, 9.17) is 4.74 Å². The normalized spacial score (nSPS) is 14.0. The van der Waals surface area contributed by atoms with Crippen LogP contribution in [-0.4, -0.2) is 15.0 Å². The summed E-state index contributed by atoms with van der Waals surface area (Å²) in [6.07, 6.45) is 1.98. The third-order valence-corrected chi connectivity index (χ3v) is 9.36. The van der Waals surface area contributed by atoms with Gasteiger partial charge < -0.3 is 14.5 Å². The van der Waals surface area contributed by atoms with Gasteiger partial charge in [-0.3, -0.25) is 0 Å². The first-order valence-electron chi connectivity index (χ1n) is 15.8. The highest BCUT2D eigenvalue weighted by atomic mass is 16.5. The molecule has 0 amide bonds. The van der Waals surface area contributed by atoms with Gasteiger partial charge in [0.25, 0.3) is 0 Å². The first-order valence-corrected chi connectivity index (χ1v) is 15.8. The van der Waals surface area contributed by atoms with Gasteiger partial charge in [0, 0.05) is 22.4 Å². The van der Waals surface area contributed by atoms with E-state index in [9.17, 15) is 0 Å². The van der Waals surface area contributed by atoms with E-state index in [1.54, 1.807) is 0 Å². The van der Waals surface area contributed by atoms with Crippen LogP contribution in [0.5, 0.6) is 11.5 Å². The molecule has 0 radical (unpaired) electrons. The third-order valence-electron chi connectivity index (χ3n) is 9.36. The van der Waals surface area contributed by atoms with Crippen molar-refractivity contribution in [1.82, 2.24) is 15.0 Å². The fourth-order valence-electron chi connectivity index (χ4n) is 6.99. The molecule has 0 spiro atoms. The number of ether oxygens (including phenoxy) is 1. The number of anilines is 6. The molecule has 0 saturated carbocycles. The standard InChI is InChI=1S/C41H31N5O/c1-41(2)32-11-3-5-13-35(32)45(36-14-6-4-12-33(36)41)30-21-19-28(20-22-30)34-27-44(43-42-34)29-23-25-31(26-24-29)46-37-15-7-9-17-39(37)47-40-18-10-8-16-38(40)46/h3-27H,1-2H3. The van der Waals surface area contributed by atoms with E-state index in [1.807, 2.05) is 47.3 Å². The van der Waals surface area contributed by atoms with Gasteiger partial charge in [-0.2, -0.15) is 0 Å². The van der Waals surface area contributed by atoms with E-state index in [-0.39, 0.29) is 5.41 Å². The second-order valence-corrected chi connectivity index (χ2v) is 12.5. The molecular weight excluding hydrogens is 578 g/mol. The first-order chi connectivity index (χ1) is 23.1. The molecule has 0 aliphatic carbocycles. The number of hydrogen-bond donors (Lipinski definition) is 0. The van der Waals surface area contributed by atoms with Crippen LogP contribution >= 0.6 is 0 Å². The molecule has 0 N–H and O–H groups in total. The molecule has 226 valence electrons. The molecule has 0 atom stereocenters. The summed E-state index contributed by atoms with van der Waals surface area (Å²) in [5.74, 6) is 1.67. The number of nitrogens with zero attached hydrogens (tertiary/aromatic N) is 5. The summed E-state index contributed by atoms with van der Waals surface area (Å²) in [5, 5.41) is 9.03. The lowest BCUT2D eigenvalue weighted by Gasteiger charge is -2.42. The van der Waals surface area contributed by atoms with Crippen molar-refractivity contribution < 1.29 is 4.74 Å². The highest BCUT2D eigenvalue weighted by Gasteiger charge is 2.36. The average molecular weight is 610 g/mol. The monoisotopic (exact) mass is 609 g/mol. The van der Waals surface area contributed by atoms with E-state index in [0.29, 0.717) is 0 Å². The van der Waals surface area contributed by atoms with E-state index in [2.05, 4.69) is 143 Å². The number of aromatic nitrogens is 3. The van der Waals surface area contributed by atoms with Crippen LogP contribution in [0.3, 0.4) is 0 Å². The Bertz CT molecular complexity index is 2170. The Kier molecular flexibility index (Phi) is 6.05. The smallest absolute Gasteiger partial charge is 0.151 e. The van der Waals surface area contributed by atoms with E-state index < -0.39 is 0 Å². The Balaban J connectivity index is 1.01. The SMILES string of the molecule is CC1(C)c2ccccc2N(c2ccc(-c3cn(-c4ccc(N5c6ccccc6Oc6ccccc65)cc4)nn3)cc2)c2ccccc21. The molecule has 3 heterocycles. The zero-order valence-corrected chi connectivity index (χ0v) is 26.1. The van der Waals surface area contributed by atoms with Crippen LogP contribution in [0.2, 0.25) is 0 Å². The van der Waals surface area contributed by atoms with Gasteiger partial charge in [0.15, 0.2) is 11.5 Å². The number of benzene rings is 6. The molecule has 0 unspecified atom stereocenters. The molecule has 6 nitrogen and oxygen atoms in total. The van der Waals surface area contributed by atoms with Gasteiger partial charge in [-0.25, -0.2) is 4.68 Å². The quantitative estimate of drug-likeness (QED) is 0.199. The van der Waals surface area contributed by atoms with Gasteiger partial charge in [-0.15, -0.1) is 5.10 Å². The average Bonchev–Trinajstić information content (AvgIpc) is 3.62. The molecule has 0 fully saturated rings. The molecule has 47 heavy (non-hydrogen) atoms. The van der Waals surface area contributed by atoms with Gasteiger partial charge in [0.1, 0.15) is 5.69 Å². The number of rotatable bonds is 4. The van der Waals surface area contributed by atoms with Gasteiger partial charge in [-0.05, 0) is 83.9 Å². The highest BCUT2D eigenvalue weighted by molar-refractivity contribution is 5.87. The summed E-state index contributed by atoms with van der Waals surface area (Å²) >= 11 is 0. The van der Waals surface area contributed by atoms with Gasteiger partial charge in [0.2, 0.25) is 0 Å². The Labute approximate surface area is 273 Å². The lowest BCUT2D eigenvalue weighted by atomic mass is 9.73. The number of para-hydroxylation sites is 6. The van der Waals surface area contributed by atoms with Gasteiger partial charge in [0.05, 0.1) is 34.6 Å². The van der Waals surface area contributed by atoms with E-state index in [0.717, 1.165) is 51.2 Å². The van der Waals surface area contributed by atoms with Crippen molar-refractivity contribution in [3.63, 3.8) is 0 Å². The zero-order chi connectivity index (χ0) is 31.5. The minimum atomic E-state index is -0.0858. The molecule has 6 heteroatoms. The van der Waals surface area contributed by atoms with Crippen LogP contribution in [0.25, 0.3) is 16.9 Å². The van der Waals surface area contributed by atoms with Crippen molar-refractivity contribution in [3.05, 3.63) is 163 Å².